The number of carbonyl (C=O) groups is 2. The molecule has 0 saturated carbocycles. The van der Waals surface area contributed by atoms with Crippen LogP contribution in [0.2, 0.25) is 0 Å². The van der Waals surface area contributed by atoms with Crippen molar-refractivity contribution in [3.05, 3.63) is 53.7 Å². The Kier molecular flexibility index (Phi) is 6.22. The number of anilines is 2. The van der Waals surface area contributed by atoms with Gasteiger partial charge in [0.1, 0.15) is 11.9 Å². The number of rotatable bonds is 4. The summed E-state index contributed by atoms with van der Waals surface area (Å²) in [4.78, 5) is 30.5. The van der Waals surface area contributed by atoms with Gasteiger partial charge in [0.2, 0.25) is 0 Å². The highest BCUT2D eigenvalue weighted by Crippen LogP contribution is 2.23. The molecule has 2 N–H and O–H groups in total. The van der Waals surface area contributed by atoms with Crippen LogP contribution in [-0.2, 0) is 9.59 Å². The van der Waals surface area contributed by atoms with Crippen LogP contribution in [0.25, 0.3) is 0 Å². The predicted molar refractivity (Wildman–Crippen MR) is 107 cm³/mol. The molecule has 144 valence electrons. The van der Waals surface area contributed by atoms with Gasteiger partial charge < -0.3 is 15.5 Å². The molecule has 2 heterocycles. The first-order valence-corrected chi connectivity index (χ1v) is 9.32. The molecule has 0 unspecified atom stereocenters. The number of pyridine rings is 1. The van der Waals surface area contributed by atoms with Crippen molar-refractivity contribution >= 4 is 23.3 Å². The van der Waals surface area contributed by atoms with Gasteiger partial charge in [0.15, 0.2) is 0 Å². The third kappa shape index (κ3) is 4.86. The van der Waals surface area contributed by atoms with E-state index in [0.717, 1.165) is 31.5 Å². The molecule has 0 atom stereocenters. The highest BCUT2D eigenvalue weighted by molar-refractivity contribution is 6.39. The summed E-state index contributed by atoms with van der Waals surface area (Å²) in [5.41, 5.74) is 2.26. The molecule has 7 nitrogen and oxygen atoms in total. The lowest BCUT2D eigenvalue weighted by molar-refractivity contribution is -0.136. The zero-order chi connectivity index (χ0) is 19.9. The van der Waals surface area contributed by atoms with Gasteiger partial charge in [0, 0.05) is 31.5 Å². The molecule has 0 spiro atoms. The summed E-state index contributed by atoms with van der Waals surface area (Å²) in [6.45, 7) is 3.95. The van der Waals surface area contributed by atoms with Crippen molar-refractivity contribution in [2.24, 2.45) is 5.92 Å². The second-order valence-electron chi connectivity index (χ2n) is 6.95. The summed E-state index contributed by atoms with van der Waals surface area (Å²) in [6.07, 6.45) is 3.41. The molecule has 2 amide bonds. The first kappa shape index (κ1) is 19.4. The van der Waals surface area contributed by atoms with E-state index >= 15 is 0 Å². The Morgan fingerprint density at radius 3 is 2.57 bits per heavy atom. The number of amides is 2. The van der Waals surface area contributed by atoms with Crippen LogP contribution >= 0.6 is 0 Å². The zero-order valence-electron chi connectivity index (χ0n) is 15.8. The number of carbonyl (C=O) groups excluding carboxylic acids is 2. The predicted octanol–water partition coefficient (Wildman–Crippen LogP) is 2.23. The average molecular weight is 377 g/mol. The number of benzene rings is 1. The van der Waals surface area contributed by atoms with Gasteiger partial charge in [-0.3, -0.25) is 9.59 Å². The van der Waals surface area contributed by atoms with Gasteiger partial charge in [-0.1, -0.05) is 17.7 Å². The summed E-state index contributed by atoms with van der Waals surface area (Å²) < 4.78 is 0. The Balaban J connectivity index is 1.45. The minimum atomic E-state index is -0.659. The quantitative estimate of drug-likeness (QED) is 0.796. The molecule has 1 fully saturated rings. The van der Waals surface area contributed by atoms with E-state index in [4.69, 9.17) is 0 Å². The van der Waals surface area contributed by atoms with Crippen molar-refractivity contribution in [3.8, 4) is 6.07 Å². The number of aromatic nitrogens is 1. The monoisotopic (exact) mass is 377 g/mol. The van der Waals surface area contributed by atoms with Crippen LogP contribution < -0.4 is 15.5 Å². The summed E-state index contributed by atoms with van der Waals surface area (Å²) in [7, 11) is 0. The van der Waals surface area contributed by atoms with E-state index < -0.39 is 11.8 Å². The van der Waals surface area contributed by atoms with Crippen LogP contribution in [-0.4, -0.2) is 36.4 Å². The van der Waals surface area contributed by atoms with Gasteiger partial charge in [-0.2, -0.15) is 5.26 Å². The van der Waals surface area contributed by atoms with Crippen LogP contribution in [0.15, 0.2) is 42.6 Å². The maximum atomic E-state index is 12.0. The van der Waals surface area contributed by atoms with Crippen LogP contribution in [0.5, 0.6) is 0 Å². The van der Waals surface area contributed by atoms with Crippen molar-refractivity contribution in [1.82, 2.24) is 10.3 Å². The lowest BCUT2D eigenvalue weighted by atomic mass is 9.96. The molecule has 1 aromatic carbocycles. The van der Waals surface area contributed by atoms with Crippen molar-refractivity contribution in [2.75, 3.05) is 29.9 Å². The van der Waals surface area contributed by atoms with Crippen molar-refractivity contribution in [3.63, 3.8) is 0 Å². The minimum Gasteiger partial charge on any atom is -0.356 e. The fourth-order valence-corrected chi connectivity index (χ4v) is 3.23. The second-order valence-corrected chi connectivity index (χ2v) is 6.95. The molecule has 0 bridgehead atoms. The molecule has 3 rings (SSSR count). The number of nitrogens with one attached hydrogen (secondary N) is 2. The Hall–Kier alpha value is -3.40. The average Bonchev–Trinajstić information content (AvgIpc) is 2.74. The lowest BCUT2D eigenvalue weighted by Crippen LogP contribution is -2.42. The van der Waals surface area contributed by atoms with E-state index in [1.165, 1.54) is 0 Å². The lowest BCUT2D eigenvalue weighted by Gasteiger charge is -2.33. The normalized spacial score (nSPS) is 14.2. The van der Waals surface area contributed by atoms with Crippen molar-refractivity contribution in [2.45, 2.75) is 19.8 Å². The first-order valence-electron chi connectivity index (χ1n) is 9.32. The highest BCUT2D eigenvalue weighted by atomic mass is 16.2. The van der Waals surface area contributed by atoms with E-state index in [9.17, 15) is 14.9 Å². The fraction of sp³-hybridized carbons (Fsp3) is 0.333. The third-order valence-electron chi connectivity index (χ3n) is 4.89. The topological polar surface area (TPSA) is 98.1 Å². The van der Waals surface area contributed by atoms with Crippen LogP contribution in [0, 0.1) is 24.2 Å². The molecular formula is C21H23N5O2. The maximum Gasteiger partial charge on any atom is 0.313 e. The van der Waals surface area contributed by atoms with Gasteiger partial charge >= 0.3 is 11.8 Å². The molecule has 0 aliphatic carbocycles. The smallest absolute Gasteiger partial charge is 0.313 e. The minimum absolute atomic E-state index is 0.293. The van der Waals surface area contributed by atoms with E-state index in [1.54, 1.807) is 30.5 Å². The van der Waals surface area contributed by atoms with Gasteiger partial charge in [0.05, 0.1) is 5.56 Å². The Morgan fingerprint density at radius 1 is 1.18 bits per heavy atom. The number of piperidine rings is 1. The van der Waals surface area contributed by atoms with Crippen LogP contribution in [0.4, 0.5) is 11.5 Å². The molecule has 1 aliphatic rings. The van der Waals surface area contributed by atoms with Crippen molar-refractivity contribution < 1.29 is 9.59 Å². The van der Waals surface area contributed by atoms with E-state index in [-0.39, 0.29) is 0 Å². The standard InChI is InChI=1S/C21H23N5O2/c1-15-4-6-18(7-5-15)25-21(28)20(27)24-14-16-8-11-26(12-9-16)19-17(13-22)3-2-10-23-19/h2-7,10,16H,8-9,11-12,14H2,1H3,(H,24,27)(H,25,28). The number of aryl methyl sites for hydroxylation is 1. The number of nitriles is 1. The van der Waals surface area contributed by atoms with Crippen molar-refractivity contribution in [1.29, 1.82) is 5.26 Å². The summed E-state index contributed by atoms with van der Waals surface area (Å²) in [6, 6.07) is 13.0. The zero-order valence-corrected chi connectivity index (χ0v) is 15.8. The highest BCUT2D eigenvalue weighted by Gasteiger charge is 2.23. The fourth-order valence-electron chi connectivity index (χ4n) is 3.23. The summed E-state index contributed by atoms with van der Waals surface area (Å²) >= 11 is 0. The molecule has 28 heavy (non-hydrogen) atoms. The molecule has 1 saturated heterocycles. The Morgan fingerprint density at radius 2 is 1.89 bits per heavy atom. The van der Waals surface area contributed by atoms with E-state index in [2.05, 4.69) is 26.6 Å². The third-order valence-corrected chi connectivity index (χ3v) is 4.89. The maximum absolute atomic E-state index is 12.0. The molecule has 2 aromatic rings. The molecule has 7 heteroatoms. The van der Waals surface area contributed by atoms with Crippen LogP contribution in [0.3, 0.4) is 0 Å². The van der Waals surface area contributed by atoms with Gasteiger partial charge in [0.25, 0.3) is 0 Å². The number of hydrogen-bond acceptors (Lipinski definition) is 5. The largest absolute Gasteiger partial charge is 0.356 e. The first-order chi connectivity index (χ1) is 13.6. The number of nitrogens with zero attached hydrogens (tertiary/aromatic N) is 3. The van der Waals surface area contributed by atoms with Crippen LogP contribution in [0.1, 0.15) is 24.0 Å². The molecule has 1 aromatic heterocycles. The van der Waals surface area contributed by atoms with Gasteiger partial charge in [-0.15, -0.1) is 0 Å². The Labute approximate surface area is 164 Å². The van der Waals surface area contributed by atoms with Gasteiger partial charge in [-0.25, -0.2) is 4.98 Å². The Bertz CT molecular complexity index is 880. The number of hydrogen-bond donors (Lipinski definition) is 2. The molecule has 0 radical (unpaired) electrons. The molecule has 1 aliphatic heterocycles. The van der Waals surface area contributed by atoms with E-state index in [0.29, 0.717) is 29.5 Å². The SMILES string of the molecule is Cc1ccc(NC(=O)C(=O)NCC2CCN(c3ncccc3C#N)CC2)cc1. The molecular weight excluding hydrogens is 354 g/mol. The second kappa shape index (κ2) is 9.00. The summed E-state index contributed by atoms with van der Waals surface area (Å²) in [5, 5.41) is 14.5. The van der Waals surface area contributed by atoms with Gasteiger partial charge in [-0.05, 0) is 49.9 Å². The summed E-state index contributed by atoms with van der Waals surface area (Å²) in [5.74, 6) is -0.278. The van der Waals surface area contributed by atoms with E-state index in [1.807, 2.05) is 19.1 Å².